The minimum Gasteiger partial charge on any atom is -0.456 e. The molecule has 1 aromatic heterocycles. The van der Waals surface area contributed by atoms with E-state index in [4.69, 9.17) is 20.1 Å². The third kappa shape index (κ3) is 6.58. The number of nitrogens with zero attached hydrogens (tertiary/aromatic N) is 2. The Morgan fingerprint density at radius 3 is 1.92 bits per heavy atom. The van der Waals surface area contributed by atoms with E-state index in [1.165, 1.54) is 11.1 Å². The third-order valence-electron chi connectivity index (χ3n) is 9.47. The maximum atomic E-state index is 7.02. The molecule has 250 valence electrons. The van der Waals surface area contributed by atoms with Gasteiger partial charge in [-0.15, -0.1) is 0 Å². The SMILES string of the molecule is C=Cc1ccccc1-c1ccccc1CC(=N/Cc1ccccc1)/N=C(\N)c1cccc2oc3cccc(-c4ccc(-c5ccccc5)cc4)c3c12. The van der Waals surface area contributed by atoms with Crippen molar-refractivity contribution >= 4 is 39.7 Å². The molecule has 0 aliphatic carbocycles. The van der Waals surface area contributed by atoms with Crippen LogP contribution in [-0.2, 0) is 13.0 Å². The van der Waals surface area contributed by atoms with Gasteiger partial charge in [0.05, 0.1) is 6.54 Å². The Morgan fingerprint density at radius 2 is 1.15 bits per heavy atom. The summed E-state index contributed by atoms with van der Waals surface area (Å²) in [7, 11) is 0. The average Bonchev–Trinajstić information content (AvgIpc) is 3.60. The summed E-state index contributed by atoms with van der Waals surface area (Å²) >= 11 is 0. The van der Waals surface area contributed by atoms with E-state index in [1.807, 2.05) is 66.7 Å². The summed E-state index contributed by atoms with van der Waals surface area (Å²) in [6.07, 6.45) is 2.39. The van der Waals surface area contributed by atoms with Crippen LogP contribution in [0.15, 0.2) is 191 Å². The molecule has 0 amide bonds. The molecule has 0 saturated carbocycles. The lowest BCUT2D eigenvalue weighted by molar-refractivity contribution is 0.669. The van der Waals surface area contributed by atoms with E-state index in [2.05, 4.69) is 116 Å². The van der Waals surface area contributed by atoms with Crippen LogP contribution in [-0.4, -0.2) is 11.7 Å². The first-order valence-corrected chi connectivity index (χ1v) is 17.5. The largest absolute Gasteiger partial charge is 0.456 e. The van der Waals surface area contributed by atoms with E-state index >= 15 is 0 Å². The molecule has 0 saturated heterocycles. The number of fused-ring (bicyclic) bond motifs is 3. The van der Waals surface area contributed by atoms with Crippen molar-refractivity contribution in [3.63, 3.8) is 0 Å². The molecule has 0 unspecified atom stereocenters. The predicted octanol–water partition coefficient (Wildman–Crippen LogP) is 11.8. The molecule has 8 aromatic rings. The standard InChI is InChI=1S/C48H37N3O/c1-2-34-17-9-11-21-39(34)40-22-12-10-20-38(40)31-45(50-32-33-15-5-3-6-16-33)51-48(49)42-24-14-26-44-47(42)46-41(23-13-25-43(46)52-44)37-29-27-36(28-30-37)35-18-7-4-8-19-35/h2-30H,1,31-32H2,(H2,49,50,51). The van der Waals surface area contributed by atoms with Crippen molar-refractivity contribution in [2.45, 2.75) is 13.0 Å². The van der Waals surface area contributed by atoms with Gasteiger partial charge in [-0.25, -0.2) is 4.99 Å². The average molecular weight is 672 g/mol. The lowest BCUT2D eigenvalue weighted by Crippen LogP contribution is -2.17. The van der Waals surface area contributed by atoms with Crippen LogP contribution in [0.1, 0.15) is 22.3 Å². The Bertz CT molecular complexity index is 2580. The summed E-state index contributed by atoms with van der Waals surface area (Å²) in [4.78, 5) is 10.2. The molecule has 52 heavy (non-hydrogen) atoms. The molecule has 8 rings (SSSR count). The Labute approximate surface area is 304 Å². The lowest BCUT2D eigenvalue weighted by atomic mass is 9.93. The number of amidine groups is 2. The molecular weight excluding hydrogens is 635 g/mol. The van der Waals surface area contributed by atoms with Gasteiger partial charge in [0.1, 0.15) is 22.8 Å². The van der Waals surface area contributed by atoms with Crippen molar-refractivity contribution < 1.29 is 4.42 Å². The molecule has 4 nitrogen and oxygen atoms in total. The van der Waals surface area contributed by atoms with Crippen molar-refractivity contribution in [1.29, 1.82) is 0 Å². The second-order valence-electron chi connectivity index (χ2n) is 12.7. The summed E-state index contributed by atoms with van der Waals surface area (Å²) in [5, 5.41) is 1.94. The first-order chi connectivity index (χ1) is 25.7. The van der Waals surface area contributed by atoms with Gasteiger partial charge in [0.2, 0.25) is 0 Å². The Kier molecular flexibility index (Phi) is 9.10. The smallest absolute Gasteiger partial charge is 0.136 e. The van der Waals surface area contributed by atoms with E-state index < -0.39 is 0 Å². The fourth-order valence-corrected chi connectivity index (χ4v) is 6.92. The molecule has 2 N–H and O–H groups in total. The Hall–Kier alpha value is -6.78. The van der Waals surface area contributed by atoms with Gasteiger partial charge in [-0.3, -0.25) is 4.99 Å². The zero-order chi connectivity index (χ0) is 35.3. The van der Waals surface area contributed by atoms with Gasteiger partial charge in [0.25, 0.3) is 0 Å². The molecule has 1 heterocycles. The number of benzene rings is 7. The fourth-order valence-electron chi connectivity index (χ4n) is 6.92. The van der Waals surface area contributed by atoms with E-state index in [0.29, 0.717) is 24.6 Å². The number of rotatable bonds is 9. The minimum absolute atomic E-state index is 0.387. The van der Waals surface area contributed by atoms with Crippen molar-refractivity contribution in [3.8, 4) is 33.4 Å². The highest BCUT2D eigenvalue weighted by Gasteiger charge is 2.18. The quantitative estimate of drug-likeness (QED) is 0.123. The maximum absolute atomic E-state index is 7.02. The molecule has 0 bridgehead atoms. The summed E-state index contributed by atoms with van der Waals surface area (Å²) in [5.41, 5.74) is 19.4. The fraction of sp³-hybridized carbons (Fsp3) is 0.0417. The first-order valence-electron chi connectivity index (χ1n) is 17.5. The second-order valence-corrected chi connectivity index (χ2v) is 12.7. The summed E-state index contributed by atoms with van der Waals surface area (Å²) in [6.45, 7) is 4.54. The summed E-state index contributed by atoms with van der Waals surface area (Å²) < 4.78 is 6.44. The van der Waals surface area contributed by atoms with E-state index in [-0.39, 0.29) is 0 Å². The highest BCUT2D eigenvalue weighted by atomic mass is 16.3. The number of nitrogens with two attached hydrogens (primary N) is 1. The van der Waals surface area contributed by atoms with E-state index in [0.717, 1.165) is 66.4 Å². The topological polar surface area (TPSA) is 63.9 Å². The monoisotopic (exact) mass is 671 g/mol. The van der Waals surface area contributed by atoms with Gasteiger partial charge < -0.3 is 10.2 Å². The molecule has 0 radical (unpaired) electrons. The minimum atomic E-state index is 0.387. The zero-order valence-electron chi connectivity index (χ0n) is 28.7. The molecule has 7 aromatic carbocycles. The second kappa shape index (κ2) is 14.6. The molecule has 0 aliphatic rings. The van der Waals surface area contributed by atoms with Gasteiger partial charge in [-0.2, -0.15) is 0 Å². The predicted molar refractivity (Wildman–Crippen MR) is 219 cm³/mol. The number of furan rings is 1. The van der Waals surface area contributed by atoms with Crippen LogP contribution in [0.4, 0.5) is 0 Å². The van der Waals surface area contributed by atoms with Gasteiger partial charge in [0.15, 0.2) is 0 Å². The van der Waals surface area contributed by atoms with Gasteiger partial charge in [-0.1, -0.05) is 170 Å². The van der Waals surface area contributed by atoms with Gasteiger partial charge >= 0.3 is 0 Å². The van der Waals surface area contributed by atoms with Crippen LogP contribution in [0.25, 0.3) is 61.4 Å². The Morgan fingerprint density at radius 1 is 0.558 bits per heavy atom. The maximum Gasteiger partial charge on any atom is 0.136 e. The molecular formula is C48H37N3O. The normalized spacial score (nSPS) is 12.0. The Balaban J connectivity index is 1.23. The van der Waals surface area contributed by atoms with Crippen LogP contribution in [0.2, 0.25) is 0 Å². The number of aliphatic imine (C=N–C) groups is 2. The molecule has 0 fully saturated rings. The van der Waals surface area contributed by atoms with Crippen LogP contribution in [0.3, 0.4) is 0 Å². The molecule has 0 spiro atoms. The van der Waals surface area contributed by atoms with Crippen LogP contribution in [0, 0.1) is 0 Å². The first kappa shape index (κ1) is 32.4. The van der Waals surface area contributed by atoms with E-state index in [9.17, 15) is 0 Å². The van der Waals surface area contributed by atoms with Crippen molar-refractivity contribution in [3.05, 3.63) is 199 Å². The summed E-state index contributed by atoms with van der Waals surface area (Å²) in [6, 6.07) is 58.2. The molecule has 4 heteroatoms. The lowest BCUT2D eigenvalue weighted by Gasteiger charge is -2.13. The molecule has 0 atom stereocenters. The zero-order valence-corrected chi connectivity index (χ0v) is 28.7. The number of hydrogen-bond acceptors (Lipinski definition) is 2. The highest BCUT2D eigenvalue weighted by molar-refractivity contribution is 6.22. The van der Waals surface area contributed by atoms with Crippen LogP contribution < -0.4 is 5.73 Å². The number of hydrogen-bond donors (Lipinski definition) is 1. The molecule has 0 aliphatic heterocycles. The summed E-state index contributed by atoms with van der Waals surface area (Å²) in [5.74, 6) is 1.03. The van der Waals surface area contributed by atoms with Crippen molar-refractivity contribution in [2.24, 2.45) is 15.7 Å². The van der Waals surface area contributed by atoms with E-state index in [1.54, 1.807) is 0 Å². The van der Waals surface area contributed by atoms with Crippen molar-refractivity contribution in [1.82, 2.24) is 0 Å². The highest BCUT2D eigenvalue weighted by Crippen LogP contribution is 2.39. The van der Waals surface area contributed by atoms with Crippen LogP contribution >= 0.6 is 0 Å². The van der Waals surface area contributed by atoms with Gasteiger partial charge in [0, 0.05) is 22.8 Å². The third-order valence-corrected chi connectivity index (χ3v) is 9.47. The van der Waals surface area contributed by atoms with Gasteiger partial charge in [-0.05, 0) is 62.2 Å². The van der Waals surface area contributed by atoms with Crippen LogP contribution in [0.5, 0.6) is 0 Å². The van der Waals surface area contributed by atoms with Crippen molar-refractivity contribution in [2.75, 3.05) is 0 Å².